The summed E-state index contributed by atoms with van der Waals surface area (Å²) in [5, 5.41) is 31.5. The lowest BCUT2D eigenvalue weighted by Gasteiger charge is -2.19. The first kappa shape index (κ1) is 22.4. The van der Waals surface area contributed by atoms with Crippen molar-refractivity contribution in [1.82, 2.24) is 4.98 Å². The average molecular weight is 474 g/mol. The summed E-state index contributed by atoms with van der Waals surface area (Å²) >= 11 is 0. The van der Waals surface area contributed by atoms with Gasteiger partial charge in [0.25, 0.3) is 0 Å². The summed E-state index contributed by atoms with van der Waals surface area (Å²) in [6.07, 6.45) is 0. The number of anilines is 3. The number of hydrogen-bond donors (Lipinski definition) is 3. The summed E-state index contributed by atoms with van der Waals surface area (Å²) in [6.45, 7) is 1.68. The predicted octanol–water partition coefficient (Wildman–Crippen LogP) is 5.48. The van der Waals surface area contributed by atoms with E-state index in [4.69, 9.17) is 5.73 Å². The van der Waals surface area contributed by atoms with Crippen molar-refractivity contribution in [3.63, 3.8) is 0 Å². The van der Waals surface area contributed by atoms with Gasteiger partial charge in [0.15, 0.2) is 17.4 Å². The molecule has 5 rings (SSSR count). The van der Waals surface area contributed by atoms with Crippen LogP contribution < -0.4 is 11.1 Å². The number of benzene rings is 3. The third-order valence-corrected chi connectivity index (χ3v) is 5.88. The van der Waals surface area contributed by atoms with Gasteiger partial charge in [-0.15, -0.1) is 10.2 Å². The second-order valence-corrected chi connectivity index (χ2v) is 8.05. The fourth-order valence-electron chi connectivity index (χ4n) is 4.12. The lowest BCUT2D eigenvalue weighted by atomic mass is 9.83. The van der Waals surface area contributed by atoms with Crippen molar-refractivity contribution in [2.24, 2.45) is 10.2 Å². The lowest BCUT2D eigenvalue weighted by Crippen LogP contribution is -2.21. The van der Waals surface area contributed by atoms with E-state index in [-0.39, 0.29) is 56.6 Å². The van der Waals surface area contributed by atoms with Crippen LogP contribution in [-0.2, 0) is 0 Å². The molecule has 1 aliphatic rings. The highest BCUT2D eigenvalue weighted by Crippen LogP contribution is 2.39. The molecule has 0 amide bonds. The van der Waals surface area contributed by atoms with Crippen LogP contribution in [0.25, 0.3) is 0 Å². The number of azo groups is 1. The second-order valence-electron chi connectivity index (χ2n) is 8.05. The molecule has 36 heavy (non-hydrogen) atoms. The number of carbonyl (C=O) groups is 2. The summed E-state index contributed by atoms with van der Waals surface area (Å²) in [4.78, 5) is 30.7. The zero-order chi connectivity index (χ0) is 25.4. The number of fused-ring (bicyclic) bond motifs is 2. The number of nitrogens with zero attached hydrogens (tertiary/aromatic N) is 4. The number of carbonyl (C=O) groups excluding carboxylic acids is 2. The maximum absolute atomic E-state index is 13.3. The largest absolute Gasteiger partial charge is 0.507 e. The predicted molar refractivity (Wildman–Crippen MR) is 133 cm³/mol. The highest BCUT2D eigenvalue weighted by atomic mass is 16.3. The molecule has 0 atom stereocenters. The Morgan fingerprint density at radius 1 is 0.917 bits per heavy atom. The van der Waals surface area contributed by atoms with Crippen LogP contribution in [0.3, 0.4) is 0 Å². The van der Waals surface area contributed by atoms with Crippen molar-refractivity contribution in [1.29, 1.82) is 5.26 Å². The summed E-state index contributed by atoms with van der Waals surface area (Å²) in [6, 6.07) is 20.3. The minimum atomic E-state index is -0.474. The van der Waals surface area contributed by atoms with E-state index >= 15 is 0 Å². The molecular formula is C27H18N6O3. The number of nitrogen functional groups attached to an aromatic ring is 1. The molecule has 0 spiro atoms. The summed E-state index contributed by atoms with van der Waals surface area (Å²) in [5.74, 6) is -0.855. The summed E-state index contributed by atoms with van der Waals surface area (Å²) in [5.41, 5.74) is 8.03. The number of hydrogen-bond acceptors (Lipinski definition) is 9. The van der Waals surface area contributed by atoms with Crippen LogP contribution in [0.5, 0.6) is 5.75 Å². The minimum Gasteiger partial charge on any atom is -0.507 e. The Labute approximate surface area is 205 Å². The Morgan fingerprint density at radius 3 is 2.31 bits per heavy atom. The standard InChI is InChI=1S/C27H18N6O3/c1-14-18(13-28)26(29)31-27(30-15-7-3-2-4-8-15)23(14)33-32-19-11-5-9-16-21(19)24(35)17-10-6-12-20(34)22(17)25(16)36/h2-12,34H,1H3,(H3,29,30,31). The molecule has 3 aromatic carbocycles. The Morgan fingerprint density at radius 2 is 1.58 bits per heavy atom. The maximum Gasteiger partial charge on any atom is 0.198 e. The van der Waals surface area contributed by atoms with E-state index in [2.05, 4.69) is 20.5 Å². The first-order chi connectivity index (χ1) is 17.4. The molecule has 4 aromatic rings. The molecule has 9 heteroatoms. The van der Waals surface area contributed by atoms with Gasteiger partial charge < -0.3 is 16.2 Å². The van der Waals surface area contributed by atoms with Gasteiger partial charge in [0, 0.05) is 22.4 Å². The molecule has 1 heterocycles. The van der Waals surface area contributed by atoms with Gasteiger partial charge in [0.2, 0.25) is 0 Å². The molecule has 0 bridgehead atoms. The molecule has 4 N–H and O–H groups in total. The molecule has 9 nitrogen and oxygen atoms in total. The number of nitriles is 1. The SMILES string of the molecule is Cc1c(C#N)c(N)nc(Nc2ccccc2)c1N=Nc1cccc2c1C(=O)c1cccc(O)c1C2=O. The zero-order valence-electron chi connectivity index (χ0n) is 19.0. The smallest absolute Gasteiger partial charge is 0.198 e. The molecule has 0 radical (unpaired) electrons. The number of nitrogens with one attached hydrogen (secondary N) is 1. The Balaban J connectivity index is 1.63. The maximum atomic E-state index is 13.3. The Bertz CT molecular complexity index is 1640. The lowest BCUT2D eigenvalue weighted by molar-refractivity contribution is 0.0977. The quantitative estimate of drug-likeness (QED) is 0.291. The average Bonchev–Trinajstić information content (AvgIpc) is 2.87. The van der Waals surface area contributed by atoms with E-state index in [0.717, 1.165) is 5.69 Å². The third kappa shape index (κ3) is 3.63. The number of ketones is 2. The number of aromatic nitrogens is 1. The van der Waals surface area contributed by atoms with Gasteiger partial charge in [-0.25, -0.2) is 4.98 Å². The number of nitrogens with two attached hydrogens (primary N) is 1. The molecule has 0 aliphatic heterocycles. The number of para-hydroxylation sites is 1. The van der Waals surface area contributed by atoms with Gasteiger partial charge in [0.05, 0.1) is 22.4 Å². The highest BCUT2D eigenvalue weighted by molar-refractivity contribution is 6.30. The number of pyridine rings is 1. The van der Waals surface area contributed by atoms with E-state index in [0.29, 0.717) is 5.56 Å². The van der Waals surface area contributed by atoms with Crippen LogP contribution in [0.4, 0.5) is 28.7 Å². The Kier molecular flexibility index (Phi) is 5.47. The zero-order valence-corrected chi connectivity index (χ0v) is 19.0. The molecule has 1 aliphatic carbocycles. The molecular weight excluding hydrogens is 456 g/mol. The number of aromatic hydroxyl groups is 1. The van der Waals surface area contributed by atoms with E-state index in [9.17, 15) is 20.0 Å². The van der Waals surface area contributed by atoms with E-state index in [1.165, 1.54) is 24.3 Å². The van der Waals surface area contributed by atoms with Crippen molar-refractivity contribution >= 4 is 40.3 Å². The number of phenolic OH excluding ortho intramolecular Hbond substituents is 1. The van der Waals surface area contributed by atoms with Crippen LogP contribution >= 0.6 is 0 Å². The first-order valence-electron chi connectivity index (χ1n) is 10.9. The van der Waals surface area contributed by atoms with Gasteiger partial charge >= 0.3 is 0 Å². The van der Waals surface area contributed by atoms with Crippen molar-refractivity contribution in [3.8, 4) is 11.8 Å². The molecule has 1 aromatic heterocycles. The summed E-state index contributed by atoms with van der Waals surface area (Å²) < 4.78 is 0. The summed E-state index contributed by atoms with van der Waals surface area (Å²) in [7, 11) is 0. The van der Waals surface area contributed by atoms with Gasteiger partial charge in [-0.1, -0.05) is 42.5 Å². The van der Waals surface area contributed by atoms with Gasteiger partial charge in [0.1, 0.15) is 23.3 Å². The van der Waals surface area contributed by atoms with Gasteiger partial charge in [-0.3, -0.25) is 9.59 Å². The second kappa shape index (κ2) is 8.77. The Hall–Kier alpha value is -5.36. The van der Waals surface area contributed by atoms with Crippen molar-refractivity contribution in [2.45, 2.75) is 6.92 Å². The van der Waals surface area contributed by atoms with Crippen LogP contribution in [-0.4, -0.2) is 21.7 Å². The van der Waals surface area contributed by atoms with Crippen LogP contribution in [0, 0.1) is 18.3 Å². The fraction of sp³-hybridized carbons (Fsp3) is 0.0370. The van der Waals surface area contributed by atoms with Crippen LogP contribution in [0.15, 0.2) is 77.0 Å². The minimum absolute atomic E-state index is 0.0318. The van der Waals surface area contributed by atoms with Crippen LogP contribution in [0.1, 0.15) is 43.0 Å². The van der Waals surface area contributed by atoms with Gasteiger partial charge in [-0.05, 0) is 31.2 Å². The molecule has 174 valence electrons. The monoisotopic (exact) mass is 474 g/mol. The van der Waals surface area contributed by atoms with E-state index in [1.54, 1.807) is 19.1 Å². The molecule has 0 unspecified atom stereocenters. The first-order valence-corrected chi connectivity index (χ1v) is 10.9. The molecule has 0 saturated heterocycles. The van der Waals surface area contributed by atoms with Crippen LogP contribution in [0.2, 0.25) is 0 Å². The van der Waals surface area contributed by atoms with Crippen molar-refractivity contribution in [3.05, 3.63) is 100 Å². The van der Waals surface area contributed by atoms with Crippen molar-refractivity contribution < 1.29 is 14.7 Å². The number of phenols is 1. The highest BCUT2D eigenvalue weighted by Gasteiger charge is 2.33. The van der Waals surface area contributed by atoms with E-state index < -0.39 is 11.6 Å². The molecule has 0 fully saturated rings. The topological polar surface area (TPSA) is 154 Å². The van der Waals surface area contributed by atoms with Crippen molar-refractivity contribution in [2.75, 3.05) is 11.1 Å². The number of rotatable bonds is 4. The van der Waals surface area contributed by atoms with Gasteiger partial charge in [-0.2, -0.15) is 5.26 Å². The van der Waals surface area contributed by atoms with E-state index in [1.807, 2.05) is 36.4 Å². The molecule has 0 saturated carbocycles. The fourth-order valence-corrected chi connectivity index (χ4v) is 4.12. The normalized spacial score (nSPS) is 12.2. The third-order valence-electron chi connectivity index (χ3n) is 5.88.